The first-order valence-electron chi connectivity index (χ1n) is 6.75. The standard InChI is InChI=1S/C16H9Cl2N3OS/c17-10-5-6-11(18)14-13(10)20-16(23-14)21-15(22)9-7-19-12-4-2-1-3-8(9)12/h1-7,19H,(H,20,21,22). The van der Waals surface area contributed by atoms with Crippen LogP contribution in [-0.2, 0) is 0 Å². The van der Waals surface area contributed by atoms with Crippen molar-refractivity contribution in [3.63, 3.8) is 0 Å². The van der Waals surface area contributed by atoms with Crippen LogP contribution in [0.15, 0.2) is 42.6 Å². The summed E-state index contributed by atoms with van der Waals surface area (Å²) in [6, 6.07) is 11.0. The Labute approximate surface area is 145 Å². The second kappa shape index (κ2) is 5.53. The topological polar surface area (TPSA) is 57.8 Å². The molecule has 4 aromatic rings. The largest absolute Gasteiger partial charge is 0.360 e. The van der Waals surface area contributed by atoms with Crippen LogP contribution in [0.5, 0.6) is 0 Å². The number of anilines is 1. The van der Waals surface area contributed by atoms with Gasteiger partial charge in [-0.15, -0.1) is 0 Å². The number of fused-ring (bicyclic) bond motifs is 2. The number of rotatable bonds is 2. The lowest BCUT2D eigenvalue weighted by atomic mass is 10.2. The SMILES string of the molecule is O=C(Nc1nc2c(Cl)ccc(Cl)c2s1)c1c[nH]c2ccccc12. The van der Waals surface area contributed by atoms with Crippen LogP contribution in [0.3, 0.4) is 0 Å². The van der Waals surface area contributed by atoms with Crippen molar-refractivity contribution in [1.82, 2.24) is 9.97 Å². The zero-order valence-electron chi connectivity index (χ0n) is 11.6. The molecule has 0 aliphatic heterocycles. The average molecular weight is 362 g/mol. The summed E-state index contributed by atoms with van der Waals surface area (Å²) in [6.07, 6.45) is 1.69. The van der Waals surface area contributed by atoms with E-state index in [0.29, 0.717) is 26.3 Å². The molecule has 0 aliphatic rings. The van der Waals surface area contributed by atoms with Crippen molar-refractivity contribution in [2.24, 2.45) is 0 Å². The van der Waals surface area contributed by atoms with Crippen molar-refractivity contribution in [3.8, 4) is 0 Å². The number of hydrogen-bond acceptors (Lipinski definition) is 3. The van der Waals surface area contributed by atoms with Gasteiger partial charge in [0.15, 0.2) is 5.13 Å². The van der Waals surface area contributed by atoms with Crippen molar-refractivity contribution in [3.05, 3.63) is 58.2 Å². The van der Waals surface area contributed by atoms with Gasteiger partial charge in [0.2, 0.25) is 0 Å². The lowest BCUT2D eigenvalue weighted by Crippen LogP contribution is -2.10. The van der Waals surface area contributed by atoms with Crippen LogP contribution in [-0.4, -0.2) is 15.9 Å². The van der Waals surface area contributed by atoms with E-state index >= 15 is 0 Å². The van der Waals surface area contributed by atoms with Gasteiger partial charge < -0.3 is 4.98 Å². The van der Waals surface area contributed by atoms with Crippen molar-refractivity contribution in [2.45, 2.75) is 0 Å². The highest BCUT2D eigenvalue weighted by Gasteiger charge is 2.16. The highest BCUT2D eigenvalue weighted by Crippen LogP contribution is 2.36. The van der Waals surface area contributed by atoms with Gasteiger partial charge in [0, 0.05) is 17.1 Å². The Morgan fingerprint density at radius 1 is 1.13 bits per heavy atom. The Bertz CT molecular complexity index is 1020. The van der Waals surface area contributed by atoms with Crippen LogP contribution in [0.1, 0.15) is 10.4 Å². The van der Waals surface area contributed by atoms with Gasteiger partial charge in [0.1, 0.15) is 5.52 Å². The zero-order valence-corrected chi connectivity index (χ0v) is 13.9. The van der Waals surface area contributed by atoms with Gasteiger partial charge in [-0.05, 0) is 18.2 Å². The average Bonchev–Trinajstić information content (AvgIpc) is 3.15. The van der Waals surface area contributed by atoms with Gasteiger partial charge in [0.25, 0.3) is 5.91 Å². The molecule has 0 radical (unpaired) electrons. The third kappa shape index (κ3) is 2.47. The number of amides is 1. The zero-order chi connectivity index (χ0) is 16.0. The van der Waals surface area contributed by atoms with E-state index in [2.05, 4.69) is 15.3 Å². The number of aromatic amines is 1. The third-order valence-corrected chi connectivity index (χ3v) is 5.24. The molecule has 0 atom stereocenters. The maximum absolute atomic E-state index is 12.5. The van der Waals surface area contributed by atoms with E-state index in [0.717, 1.165) is 15.6 Å². The van der Waals surface area contributed by atoms with Crippen molar-refractivity contribution >= 4 is 66.7 Å². The smallest absolute Gasteiger partial charge is 0.259 e. The predicted molar refractivity (Wildman–Crippen MR) is 95.9 cm³/mol. The van der Waals surface area contributed by atoms with Crippen LogP contribution in [0.2, 0.25) is 10.0 Å². The summed E-state index contributed by atoms with van der Waals surface area (Å²) < 4.78 is 0.758. The van der Waals surface area contributed by atoms with E-state index in [1.807, 2.05) is 24.3 Å². The molecular formula is C16H9Cl2N3OS. The number of carbonyl (C=O) groups is 1. The van der Waals surface area contributed by atoms with E-state index in [4.69, 9.17) is 23.2 Å². The minimum atomic E-state index is -0.228. The predicted octanol–water partition coefficient (Wildman–Crippen LogP) is 5.34. The molecule has 0 fully saturated rings. The first-order chi connectivity index (χ1) is 11.1. The Hall–Kier alpha value is -2.08. The fourth-order valence-electron chi connectivity index (χ4n) is 2.42. The third-order valence-electron chi connectivity index (χ3n) is 3.50. The lowest BCUT2D eigenvalue weighted by Gasteiger charge is -1.99. The van der Waals surface area contributed by atoms with E-state index < -0.39 is 0 Å². The van der Waals surface area contributed by atoms with Gasteiger partial charge in [-0.25, -0.2) is 4.98 Å². The van der Waals surface area contributed by atoms with Gasteiger partial charge in [-0.3, -0.25) is 10.1 Å². The summed E-state index contributed by atoms with van der Waals surface area (Å²) in [5.41, 5.74) is 2.07. The van der Waals surface area contributed by atoms with Gasteiger partial charge >= 0.3 is 0 Å². The van der Waals surface area contributed by atoms with Crippen LogP contribution >= 0.6 is 34.5 Å². The molecule has 0 unspecified atom stereocenters. The van der Waals surface area contributed by atoms with Gasteiger partial charge in [-0.2, -0.15) is 0 Å². The molecule has 2 heterocycles. The van der Waals surface area contributed by atoms with E-state index in [-0.39, 0.29) is 5.91 Å². The van der Waals surface area contributed by atoms with E-state index in [9.17, 15) is 4.79 Å². The molecular weight excluding hydrogens is 353 g/mol. The van der Waals surface area contributed by atoms with E-state index in [1.54, 1.807) is 18.3 Å². The highest BCUT2D eigenvalue weighted by molar-refractivity contribution is 7.23. The molecule has 4 rings (SSSR count). The Balaban J connectivity index is 1.71. The summed E-state index contributed by atoms with van der Waals surface area (Å²) in [4.78, 5) is 19.9. The Kier molecular flexibility index (Phi) is 3.49. The molecule has 114 valence electrons. The van der Waals surface area contributed by atoms with Crippen LogP contribution < -0.4 is 5.32 Å². The molecule has 0 saturated heterocycles. The fraction of sp³-hybridized carbons (Fsp3) is 0. The number of hydrogen-bond donors (Lipinski definition) is 2. The summed E-state index contributed by atoms with van der Waals surface area (Å²) in [5, 5.41) is 5.21. The quantitative estimate of drug-likeness (QED) is 0.506. The lowest BCUT2D eigenvalue weighted by molar-refractivity contribution is 0.102. The number of thiazole rings is 1. The fourth-order valence-corrected chi connectivity index (χ4v) is 3.84. The number of nitrogens with zero attached hydrogens (tertiary/aromatic N) is 1. The molecule has 0 spiro atoms. The number of benzene rings is 2. The minimum Gasteiger partial charge on any atom is -0.360 e. The summed E-state index contributed by atoms with van der Waals surface area (Å²) in [6.45, 7) is 0. The molecule has 2 aromatic heterocycles. The second-order valence-corrected chi connectivity index (χ2v) is 6.74. The number of carbonyl (C=O) groups excluding carboxylic acids is 1. The first kappa shape index (κ1) is 14.5. The van der Waals surface area contributed by atoms with Gasteiger partial charge in [-0.1, -0.05) is 52.7 Å². The maximum atomic E-state index is 12.5. The number of aromatic nitrogens is 2. The molecule has 0 saturated carbocycles. The summed E-state index contributed by atoms with van der Waals surface area (Å²) in [5.74, 6) is -0.228. The Morgan fingerprint density at radius 2 is 1.91 bits per heavy atom. The number of halogens is 2. The molecule has 0 aliphatic carbocycles. The number of nitrogens with one attached hydrogen (secondary N) is 2. The van der Waals surface area contributed by atoms with Crippen molar-refractivity contribution < 1.29 is 4.79 Å². The first-order valence-corrected chi connectivity index (χ1v) is 8.33. The number of H-pyrrole nitrogens is 1. The van der Waals surface area contributed by atoms with Crippen LogP contribution in [0.4, 0.5) is 5.13 Å². The molecule has 23 heavy (non-hydrogen) atoms. The van der Waals surface area contributed by atoms with Crippen LogP contribution in [0.25, 0.3) is 21.1 Å². The molecule has 2 aromatic carbocycles. The highest BCUT2D eigenvalue weighted by atomic mass is 35.5. The molecule has 4 nitrogen and oxygen atoms in total. The minimum absolute atomic E-state index is 0.228. The Morgan fingerprint density at radius 3 is 2.74 bits per heavy atom. The normalized spacial score (nSPS) is 11.2. The van der Waals surface area contributed by atoms with Crippen molar-refractivity contribution in [1.29, 1.82) is 0 Å². The molecule has 0 bridgehead atoms. The second-order valence-electron chi connectivity index (χ2n) is 4.93. The number of para-hydroxylation sites is 1. The molecule has 7 heteroatoms. The monoisotopic (exact) mass is 361 g/mol. The van der Waals surface area contributed by atoms with Crippen molar-refractivity contribution in [2.75, 3.05) is 5.32 Å². The molecule has 1 amide bonds. The summed E-state index contributed by atoms with van der Waals surface area (Å²) in [7, 11) is 0. The molecule has 2 N–H and O–H groups in total. The van der Waals surface area contributed by atoms with Crippen LogP contribution in [0, 0.1) is 0 Å². The summed E-state index contributed by atoms with van der Waals surface area (Å²) >= 11 is 13.6. The van der Waals surface area contributed by atoms with E-state index in [1.165, 1.54) is 11.3 Å². The van der Waals surface area contributed by atoms with Gasteiger partial charge in [0.05, 0.1) is 20.3 Å². The maximum Gasteiger partial charge on any atom is 0.259 e.